The van der Waals surface area contributed by atoms with Crippen molar-refractivity contribution in [2.24, 2.45) is 0 Å². The monoisotopic (exact) mass is 688 g/mol. The second kappa shape index (κ2) is 15.5. The van der Waals surface area contributed by atoms with Crippen LogP contribution in [-0.4, -0.2) is 32.0 Å². The van der Waals surface area contributed by atoms with Crippen molar-refractivity contribution in [2.75, 3.05) is 17.7 Å². The molecular weight excluding hydrogens is 647 g/mol. The Kier molecular flexibility index (Phi) is 10.7. The molecular formula is C41H42N3O5S+. The number of rotatable bonds is 10. The number of anilines is 1. The van der Waals surface area contributed by atoms with Gasteiger partial charge in [-0.3, -0.25) is 0 Å². The number of benzene rings is 4. The standard InChI is InChI=1S/C34H32N2O5S.C7H10N/c1-3-24(20-33-35(2)29-22-27(14-16-31(29)40-33)25-10-6-4-7-11-25)21-34-36(18-19-42(37,38)39)30-23-28(15-17-32(30)41-34)26-12-8-5-9-13-26;1-2-8-6-4-3-5-7-8/h4-17,21-23,33H,3,18-20H2,1-2H3;3-7H,2H2,1H3/q;+1/b24-21-;. The summed E-state index contributed by atoms with van der Waals surface area (Å²) in [4.78, 5) is 2.15. The maximum atomic E-state index is 11.6. The highest BCUT2D eigenvalue weighted by Gasteiger charge is 2.30. The van der Waals surface area contributed by atoms with Gasteiger partial charge in [-0.05, 0) is 53.8 Å². The highest BCUT2D eigenvalue weighted by Crippen LogP contribution is 2.41. The molecule has 0 radical (unpaired) electrons. The maximum Gasteiger partial charge on any atom is 0.374 e. The second-order valence-corrected chi connectivity index (χ2v) is 13.7. The van der Waals surface area contributed by atoms with Crippen molar-refractivity contribution in [3.05, 3.63) is 139 Å². The number of hydrogen-bond acceptors (Lipinski definition) is 6. The number of oxazole rings is 1. The minimum absolute atomic E-state index is 0.00651. The number of nitrogens with zero attached hydrogens (tertiary/aromatic N) is 3. The van der Waals surface area contributed by atoms with Crippen molar-refractivity contribution in [3.8, 4) is 28.0 Å². The molecule has 1 unspecified atom stereocenters. The summed E-state index contributed by atoms with van der Waals surface area (Å²) in [5, 5.41) is 0. The van der Waals surface area contributed by atoms with E-state index in [2.05, 4.69) is 60.0 Å². The van der Waals surface area contributed by atoms with Gasteiger partial charge in [-0.25, -0.2) is 13.0 Å². The highest BCUT2D eigenvalue weighted by atomic mass is 32.2. The van der Waals surface area contributed by atoms with Gasteiger partial charge in [-0.15, -0.1) is 0 Å². The lowest BCUT2D eigenvalue weighted by molar-refractivity contribution is -0.693. The Morgan fingerprint density at radius 1 is 0.820 bits per heavy atom. The molecule has 0 saturated heterocycles. The Morgan fingerprint density at radius 3 is 2.04 bits per heavy atom. The van der Waals surface area contributed by atoms with Gasteiger partial charge in [0.1, 0.15) is 22.4 Å². The largest absolute Gasteiger partial charge is 0.748 e. The van der Waals surface area contributed by atoms with Crippen molar-refractivity contribution in [3.63, 3.8) is 0 Å². The third kappa shape index (κ3) is 8.30. The first-order chi connectivity index (χ1) is 24.2. The smallest absolute Gasteiger partial charge is 0.374 e. The molecule has 0 bridgehead atoms. The van der Waals surface area contributed by atoms with Crippen molar-refractivity contribution >= 4 is 33.0 Å². The van der Waals surface area contributed by atoms with Gasteiger partial charge in [0.2, 0.25) is 5.58 Å². The van der Waals surface area contributed by atoms with Gasteiger partial charge in [0.25, 0.3) is 5.52 Å². The Bertz CT molecular complexity index is 2180. The molecule has 1 aliphatic heterocycles. The number of aromatic nitrogens is 2. The van der Waals surface area contributed by atoms with E-state index in [1.54, 1.807) is 4.57 Å². The minimum atomic E-state index is -4.42. The van der Waals surface area contributed by atoms with E-state index in [4.69, 9.17) is 9.15 Å². The van der Waals surface area contributed by atoms with Crippen molar-refractivity contribution in [2.45, 2.75) is 46.0 Å². The molecule has 2 aromatic heterocycles. The summed E-state index contributed by atoms with van der Waals surface area (Å²) in [5.74, 6) is 0.809. The number of pyridine rings is 1. The van der Waals surface area contributed by atoms with Crippen LogP contribution in [0, 0.1) is 0 Å². The van der Waals surface area contributed by atoms with Crippen LogP contribution in [0.5, 0.6) is 5.75 Å². The van der Waals surface area contributed by atoms with E-state index < -0.39 is 15.9 Å². The lowest BCUT2D eigenvalue weighted by Crippen LogP contribution is -2.39. The molecule has 1 aliphatic rings. The first kappa shape index (κ1) is 34.6. The van der Waals surface area contributed by atoms with Gasteiger partial charge in [-0.2, -0.15) is 4.57 Å². The summed E-state index contributed by atoms with van der Waals surface area (Å²) in [6, 6.07) is 38.4. The zero-order valence-corrected chi connectivity index (χ0v) is 29.4. The van der Waals surface area contributed by atoms with Crippen LogP contribution in [0.25, 0.3) is 39.4 Å². The SMILES string of the molecule is CC/C(=C/c1oc2ccc(-c3ccccc3)cc2[n+]1CCS(=O)(=O)[O-])CC1Oc2ccc(-c3ccccc3)cc2N1C.CC[n+]1ccccc1. The molecule has 0 fully saturated rings. The Labute approximate surface area is 294 Å². The third-order valence-corrected chi connectivity index (χ3v) is 9.59. The van der Waals surface area contributed by atoms with Gasteiger partial charge in [0, 0.05) is 31.7 Å². The number of ether oxygens (including phenoxy) is 1. The van der Waals surface area contributed by atoms with Gasteiger partial charge in [0.15, 0.2) is 25.2 Å². The summed E-state index contributed by atoms with van der Waals surface area (Å²) in [6.45, 7) is 5.25. The maximum absolute atomic E-state index is 11.6. The van der Waals surface area contributed by atoms with Gasteiger partial charge in [-0.1, -0.05) is 91.4 Å². The molecule has 9 heteroatoms. The predicted molar refractivity (Wildman–Crippen MR) is 196 cm³/mol. The lowest BCUT2D eigenvalue weighted by atomic mass is 10.0. The predicted octanol–water partition coefficient (Wildman–Crippen LogP) is 7.63. The molecule has 0 spiro atoms. The van der Waals surface area contributed by atoms with Crippen molar-refractivity contribution in [1.29, 1.82) is 0 Å². The molecule has 0 aliphatic carbocycles. The van der Waals surface area contributed by atoms with Gasteiger partial charge >= 0.3 is 5.89 Å². The molecule has 1 atom stereocenters. The van der Waals surface area contributed by atoms with E-state index in [0.717, 1.165) is 57.7 Å². The van der Waals surface area contributed by atoms with Crippen LogP contribution >= 0.6 is 0 Å². The summed E-state index contributed by atoms with van der Waals surface area (Å²) >= 11 is 0. The second-order valence-electron chi connectivity index (χ2n) is 12.2. The molecule has 50 heavy (non-hydrogen) atoms. The number of aryl methyl sites for hydroxylation is 2. The molecule has 8 nitrogen and oxygen atoms in total. The van der Waals surface area contributed by atoms with Crippen molar-refractivity contribution < 1.29 is 31.3 Å². The minimum Gasteiger partial charge on any atom is -0.748 e. The summed E-state index contributed by atoms with van der Waals surface area (Å²) < 4.78 is 51.3. The number of fused-ring (bicyclic) bond motifs is 2. The van der Waals surface area contributed by atoms with E-state index in [1.807, 2.05) is 104 Å². The van der Waals surface area contributed by atoms with Crippen LogP contribution < -0.4 is 18.8 Å². The van der Waals surface area contributed by atoms with Gasteiger partial charge in [0.05, 0.1) is 17.5 Å². The van der Waals surface area contributed by atoms with Crippen LogP contribution in [-0.2, 0) is 23.2 Å². The molecule has 0 N–H and O–H groups in total. The van der Waals surface area contributed by atoms with E-state index in [-0.39, 0.29) is 12.8 Å². The fraction of sp³-hybridized carbons (Fsp3) is 0.220. The van der Waals surface area contributed by atoms with E-state index >= 15 is 0 Å². The summed E-state index contributed by atoms with van der Waals surface area (Å²) in [7, 11) is -2.39. The topological polar surface area (TPSA) is 90.6 Å². The summed E-state index contributed by atoms with van der Waals surface area (Å²) in [6.07, 6.45) is 7.22. The summed E-state index contributed by atoms with van der Waals surface area (Å²) in [5.41, 5.74) is 7.74. The van der Waals surface area contributed by atoms with E-state index in [1.165, 1.54) is 0 Å². The highest BCUT2D eigenvalue weighted by molar-refractivity contribution is 7.85. The van der Waals surface area contributed by atoms with Crippen LogP contribution in [0.2, 0.25) is 0 Å². The van der Waals surface area contributed by atoms with Gasteiger partial charge < -0.3 is 18.6 Å². The first-order valence-electron chi connectivity index (χ1n) is 16.9. The average Bonchev–Trinajstić information content (AvgIpc) is 3.66. The molecule has 256 valence electrons. The van der Waals surface area contributed by atoms with Crippen molar-refractivity contribution in [1.82, 2.24) is 0 Å². The quantitative estimate of drug-likeness (QED) is 0.109. The zero-order valence-electron chi connectivity index (χ0n) is 28.6. The third-order valence-electron chi connectivity index (χ3n) is 8.90. The van der Waals surface area contributed by atoms with Crippen LogP contribution in [0.4, 0.5) is 5.69 Å². The molecule has 4 aromatic carbocycles. The fourth-order valence-electron chi connectivity index (χ4n) is 6.06. The Balaban J connectivity index is 0.000000477. The molecule has 3 heterocycles. The molecule has 0 amide bonds. The van der Waals surface area contributed by atoms with Crippen LogP contribution in [0.15, 0.2) is 138 Å². The normalized spacial score (nSPS) is 14.2. The average molecular weight is 689 g/mol. The van der Waals surface area contributed by atoms with Crippen LogP contribution in [0.3, 0.4) is 0 Å². The molecule has 0 saturated carbocycles. The Hall–Kier alpha value is -5.25. The fourth-order valence-corrected chi connectivity index (χ4v) is 6.47. The van der Waals surface area contributed by atoms with Crippen LogP contribution in [0.1, 0.15) is 32.6 Å². The van der Waals surface area contributed by atoms with E-state index in [0.29, 0.717) is 17.9 Å². The Morgan fingerprint density at radius 2 is 1.44 bits per heavy atom. The lowest BCUT2D eigenvalue weighted by Gasteiger charge is -2.21. The number of hydrogen-bond donors (Lipinski definition) is 0. The molecule has 6 aromatic rings. The van der Waals surface area contributed by atoms with E-state index in [9.17, 15) is 13.0 Å². The zero-order chi connectivity index (χ0) is 35.1. The first-order valence-corrected chi connectivity index (χ1v) is 18.5. The molecule has 7 rings (SSSR count).